The Hall–Kier alpha value is -0.940. The van der Waals surface area contributed by atoms with Gasteiger partial charge in [0, 0.05) is 18.3 Å². The Kier molecular flexibility index (Phi) is 3.23. The van der Waals surface area contributed by atoms with Gasteiger partial charge >= 0.3 is 0 Å². The Morgan fingerprint density at radius 2 is 2.07 bits per heavy atom. The van der Waals surface area contributed by atoms with E-state index in [1.54, 1.807) is 31.5 Å². The molecule has 4 nitrogen and oxygen atoms in total. The van der Waals surface area contributed by atoms with Crippen molar-refractivity contribution < 1.29 is 13.0 Å². The van der Waals surface area contributed by atoms with Gasteiger partial charge in [-0.15, -0.1) is 0 Å². The lowest BCUT2D eigenvalue weighted by Crippen LogP contribution is -2.23. The van der Waals surface area contributed by atoms with Crippen LogP contribution in [0.25, 0.3) is 0 Å². The third-order valence-electron chi connectivity index (χ3n) is 2.38. The maximum absolute atomic E-state index is 10.9. The molecule has 1 aromatic rings. The predicted molar refractivity (Wildman–Crippen MR) is 53.7 cm³/mol. The highest BCUT2D eigenvalue weighted by molar-refractivity contribution is 7.86. The van der Waals surface area contributed by atoms with Crippen LogP contribution in [0.2, 0.25) is 0 Å². The summed E-state index contributed by atoms with van der Waals surface area (Å²) < 4.78 is 30.6. The zero-order chi connectivity index (χ0) is 10.8. The van der Waals surface area contributed by atoms with Gasteiger partial charge in [-0.2, -0.15) is 8.42 Å². The molecule has 1 heterocycles. The van der Waals surface area contributed by atoms with Crippen LogP contribution in [0.5, 0.6) is 0 Å². The highest BCUT2D eigenvalue weighted by Crippen LogP contribution is 2.22. The van der Waals surface area contributed by atoms with E-state index in [1.807, 2.05) is 0 Å². The van der Waals surface area contributed by atoms with Crippen molar-refractivity contribution in [3.8, 4) is 0 Å². The summed E-state index contributed by atoms with van der Waals surface area (Å²) in [6.07, 6.45) is 3.22. The van der Waals surface area contributed by atoms with Gasteiger partial charge in [-0.25, -0.2) is 0 Å². The van der Waals surface area contributed by atoms with Crippen LogP contribution in [-0.4, -0.2) is 23.2 Å². The second kappa shape index (κ2) is 4.06. The van der Waals surface area contributed by atoms with Gasteiger partial charge < -0.3 is 0 Å². The van der Waals surface area contributed by atoms with Gasteiger partial charge in [0.1, 0.15) is 0 Å². The summed E-state index contributed by atoms with van der Waals surface area (Å²) in [6, 6.07) is 3.53. The quantitative estimate of drug-likeness (QED) is 0.775. The second-order valence-corrected chi connectivity index (χ2v) is 5.07. The third-order valence-corrected chi connectivity index (χ3v) is 3.73. The highest BCUT2D eigenvalue weighted by atomic mass is 32.2. The Morgan fingerprint density at radius 1 is 1.43 bits per heavy atom. The molecule has 0 radical (unpaired) electrons. The zero-order valence-corrected chi connectivity index (χ0v) is 8.90. The van der Waals surface area contributed by atoms with E-state index in [0.29, 0.717) is 0 Å². The van der Waals surface area contributed by atoms with Crippen LogP contribution in [0.4, 0.5) is 0 Å². The van der Waals surface area contributed by atoms with Crippen LogP contribution in [0.3, 0.4) is 0 Å². The number of hydrogen-bond donors (Lipinski definition) is 1. The maximum Gasteiger partial charge on any atom is 0.268 e. The summed E-state index contributed by atoms with van der Waals surface area (Å²) in [6.45, 7) is 3.22. The maximum atomic E-state index is 10.9. The number of pyridine rings is 1. The van der Waals surface area contributed by atoms with Crippen LogP contribution in [0.1, 0.15) is 25.3 Å². The molecular formula is C9H13NO3S. The highest BCUT2D eigenvalue weighted by Gasteiger charge is 2.25. The van der Waals surface area contributed by atoms with Gasteiger partial charge in [0.05, 0.1) is 5.25 Å². The summed E-state index contributed by atoms with van der Waals surface area (Å²) in [5, 5.41) is -0.813. The van der Waals surface area contributed by atoms with E-state index in [0.717, 1.165) is 5.56 Å². The average Bonchev–Trinajstić information content (AvgIpc) is 2.15. The first-order valence-corrected chi connectivity index (χ1v) is 5.79. The molecule has 0 aromatic carbocycles. The molecule has 0 aliphatic rings. The van der Waals surface area contributed by atoms with Crippen LogP contribution in [0, 0.1) is 0 Å². The SMILES string of the molecule is CC(c1cccnc1)C(C)S(=O)(=O)O. The standard InChI is InChI=1S/C9H13NO3S/c1-7(8(2)14(11,12)13)9-4-3-5-10-6-9/h3-8H,1-2H3,(H,11,12,13). The topological polar surface area (TPSA) is 67.3 Å². The summed E-state index contributed by atoms with van der Waals surface area (Å²) in [5.74, 6) is -0.265. The second-order valence-electron chi connectivity index (χ2n) is 3.30. The summed E-state index contributed by atoms with van der Waals surface area (Å²) >= 11 is 0. The lowest BCUT2D eigenvalue weighted by Gasteiger charge is -2.16. The molecule has 1 N–H and O–H groups in total. The van der Waals surface area contributed by atoms with Crippen molar-refractivity contribution >= 4 is 10.1 Å². The van der Waals surface area contributed by atoms with E-state index < -0.39 is 15.4 Å². The van der Waals surface area contributed by atoms with Gasteiger partial charge in [-0.3, -0.25) is 9.54 Å². The molecule has 0 saturated carbocycles. The largest absolute Gasteiger partial charge is 0.285 e. The lowest BCUT2D eigenvalue weighted by molar-refractivity contribution is 0.461. The van der Waals surface area contributed by atoms with E-state index in [2.05, 4.69) is 4.98 Å². The molecule has 78 valence electrons. The lowest BCUT2D eigenvalue weighted by atomic mass is 10.0. The molecule has 0 spiro atoms. The normalized spacial score (nSPS) is 16.2. The monoisotopic (exact) mass is 215 g/mol. The Balaban J connectivity index is 2.92. The molecule has 0 amide bonds. The van der Waals surface area contributed by atoms with Crippen LogP contribution in [-0.2, 0) is 10.1 Å². The van der Waals surface area contributed by atoms with Gasteiger partial charge in [0.2, 0.25) is 0 Å². The van der Waals surface area contributed by atoms with Crippen molar-refractivity contribution in [2.24, 2.45) is 0 Å². The van der Waals surface area contributed by atoms with Crippen molar-refractivity contribution in [2.75, 3.05) is 0 Å². The van der Waals surface area contributed by atoms with Crippen LogP contribution in [0.15, 0.2) is 24.5 Å². The molecule has 0 fully saturated rings. The zero-order valence-electron chi connectivity index (χ0n) is 8.08. The first kappa shape index (κ1) is 11.1. The molecular weight excluding hydrogens is 202 g/mol. The molecule has 14 heavy (non-hydrogen) atoms. The number of hydrogen-bond acceptors (Lipinski definition) is 3. The van der Waals surface area contributed by atoms with E-state index in [9.17, 15) is 8.42 Å². The smallest absolute Gasteiger partial charge is 0.268 e. The van der Waals surface area contributed by atoms with Crippen LogP contribution < -0.4 is 0 Å². The molecule has 5 heteroatoms. The van der Waals surface area contributed by atoms with Gasteiger partial charge in [-0.1, -0.05) is 13.0 Å². The molecule has 0 aliphatic heterocycles. The number of rotatable bonds is 3. The van der Waals surface area contributed by atoms with E-state index >= 15 is 0 Å². The number of nitrogens with zero attached hydrogens (tertiary/aromatic N) is 1. The van der Waals surface area contributed by atoms with Gasteiger partial charge in [0.25, 0.3) is 10.1 Å². The molecule has 0 saturated heterocycles. The first-order chi connectivity index (χ1) is 6.43. The molecule has 2 atom stereocenters. The van der Waals surface area contributed by atoms with E-state index in [4.69, 9.17) is 4.55 Å². The molecule has 0 aliphatic carbocycles. The summed E-state index contributed by atoms with van der Waals surface area (Å²) in [7, 11) is -3.98. The van der Waals surface area contributed by atoms with Crippen molar-refractivity contribution in [1.29, 1.82) is 0 Å². The minimum Gasteiger partial charge on any atom is -0.285 e. The Labute approximate surface area is 83.7 Å². The van der Waals surface area contributed by atoms with Crippen molar-refractivity contribution in [3.05, 3.63) is 30.1 Å². The van der Waals surface area contributed by atoms with Gasteiger partial charge in [0.15, 0.2) is 0 Å². The first-order valence-electron chi connectivity index (χ1n) is 4.29. The molecule has 1 rings (SSSR count). The molecule has 1 aromatic heterocycles. The fraction of sp³-hybridized carbons (Fsp3) is 0.444. The Bertz CT molecular complexity index is 388. The van der Waals surface area contributed by atoms with Crippen molar-refractivity contribution in [1.82, 2.24) is 4.98 Å². The predicted octanol–water partition coefficient (Wildman–Crippen LogP) is 1.46. The van der Waals surface area contributed by atoms with Crippen molar-refractivity contribution in [2.45, 2.75) is 25.0 Å². The van der Waals surface area contributed by atoms with E-state index in [1.165, 1.54) is 6.92 Å². The fourth-order valence-corrected chi connectivity index (χ4v) is 1.85. The number of aromatic nitrogens is 1. The van der Waals surface area contributed by atoms with E-state index in [-0.39, 0.29) is 5.92 Å². The fourth-order valence-electron chi connectivity index (χ4n) is 1.17. The van der Waals surface area contributed by atoms with Crippen molar-refractivity contribution in [3.63, 3.8) is 0 Å². The Morgan fingerprint density at radius 3 is 2.50 bits per heavy atom. The molecule has 2 unspecified atom stereocenters. The molecule has 0 bridgehead atoms. The summed E-state index contributed by atoms with van der Waals surface area (Å²) in [4.78, 5) is 3.89. The van der Waals surface area contributed by atoms with Gasteiger partial charge in [-0.05, 0) is 18.6 Å². The average molecular weight is 215 g/mol. The van der Waals surface area contributed by atoms with Crippen LogP contribution >= 0.6 is 0 Å². The minimum absolute atomic E-state index is 0.265. The minimum atomic E-state index is -3.98. The summed E-state index contributed by atoms with van der Waals surface area (Å²) in [5.41, 5.74) is 0.803. The third kappa shape index (κ3) is 2.52.